The van der Waals surface area contributed by atoms with E-state index in [1.807, 2.05) is 11.0 Å². The van der Waals surface area contributed by atoms with Gasteiger partial charge in [0.1, 0.15) is 6.20 Å². The topological polar surface area (TPSA) is 101 Å². The van der Waals surface area contributed by atoms with Crippen molar-refractivity contribution in [3.8, 4) is 0 Å². The Morgan fingerprint density at radius 3 is 2.46 bits per heavy atom. The van der Waals surface area contributed by atoms with Crippen LogP contribution in [0.2, 0.25) is 10.0 Å². The summed E-state index contributed by atoms with van der Waals surface area (Å²) in [7, 11) is 0. The first-order valence-electron chi connectivity index (χ1n) is 7.17. The summed E-state index contributed by atoms with van der Waals surface area (Å²) >= 11 is 12.3. The van der Waals surface area contributed by atoms with Crippen molar-refractivity contribution in [2.24, 2.45) is 0 Å². The Labute approximate surface area is 148 Å². The van der Waals surface area contributed by atoms with E-state index in [9.17, 15) is 10.1 Å². The maximum atomic E-state index is 10.8. The number of aromatic nitrogens is 2. The third-order valence-electron chi connectivity index (χ3n) is 3.79. The predicted molar refractivity (Wildman–Crippen MR) is 94.0 cm³/mol. The van der Waals surface area contributed by atoms with Gasteiger partial charge >= 0.3 is 5.69 Å². The lowest BCUT2D eigenvalue weighted by atomic mass is 10.2. The van der Waals surface area contributed by atoms with Crippen LogP contribution in [0.25, 0.3) is 0 Å². The van der Waals surface area contributed by atoms with Crippen molar-refractivity contribution in [3.63, 3.8) is 0 Å². The van der Waals surface area contributed by atoms with Crippen molar-refractivity contribution in [1.82, 2.24) is 9.97 Å². The van der Waals surface area contributed by atoms with E-state index in [0.717, 1.165) is 11.9 Å². The number of hydrogen-bond acceptors (Lipinski definition) is 7. The summed E-state index contributed by atoms with van der Waals surface area (Å²) in [5.74, 6) is 0.250. The zero-order valence-electron chi connectivity index (χ0n) is 12.5. The highest BCUT2D eigenvalue weighted by Crippen LogP contribution is 2.30. The molecule has 1 aromatic heterocycles. The molecule has 1 aromatic carbocycles. The van der Waals surface area contributed by atoms with Gasteiger partial charge in [0.25, 0.3) is 0 Å². The van der Waals surface area contributed by atoms with E-state index >= 15 is 0 Å². The Morgan fingerprint density at radius 1 is 1.17 bits per heavy atom. The standard InChI is InChI=1S/C14H14Cl2N6O2/c15-9-1-2-10(16)11(7-9)20-3-5-21(6-4-20)14-18-8-12(22(23)24)13(17)19-14/h1-2,7-8H,3-6H2,(H2,17,18,19). The lowest BCUT2D eigenvalue weighted by Gasteiger charge is -2.36. The Morgan fingerprint density at radius 2 is 1.83 bits per heavy atom. The van der Waals surface area contributed by atoms with E-state index in [-0.39, 0.29) is 11.5 Å². The van der Waals surface area contributed by atoms with E-state index in [1.54, 1.807) is 12.1 Å². The number of nitro groups is 1. The normalized spacial score (nSPS) is 14.8. The molecule has 1 saturated heterocycles. The molecule has 0 aliphatic carbocycles. The molecule has 10 heteroatoms. The summed E-state index contributed by atoms with van der Waals surface area (Å²) in [4.78, 5) is 22.3. The second kappa shape index (κ2) is 6.66. The van der Waals surface area contributed by atoms with Gasteiger partial charge < -0.3 is 15.5 Å². The molecule has 8 nitrogen and oxygen atoms in total. The number of halogens is 2. The second-order valence-electron chi connectivity index (χ2n) is 5.27. The van der Waals surface area contributed by atoms with Gasteiger partial charge in [0, 0.05) is 31.2 Å². The molecule has 0 amide bonds. The lowest BCUT2D eigenvalue weighted by molar-refractivity contribution is -0.384. The molecule has 24 heavy (non-hydrogen) atoms. The molecule has 2 heterocycles. The number of piperazine rings is 1. The number of nitrogens with zero attached hydrogens (tertiary/aromatic N) is 5. The largest absolute Gasteiger partial charge is 0.378 e. The highest BCUT2D eigenvalue weighted by Gasteiger charge is 2.23. The molecular formula is C14H14Cl2N6O2. The minimum absolute atomic E-state index is 0.134. The Hall–Kier alpha value is -2.32. The lowest BCUT2D eigenvalue weighted by Crippen LogP contribution is -2.47. The van der Waals surface area contributed by atoms with Crippen LogP contribution >= 0.6 is 23.2 Å². The SMILES string of the molecule is Nc1nc(N2CCN(c3cc(Cl)ccc3Cl)CC2)ncc1[N+](=O)[O-]. The number of benzene rings is 1. The Balaban J connectivity index is 1.72. The molecule has 2 N–H and O–H groups in total. The van der Waals surface area contributed by atoms with E-state index in [0.29, 0.717) is 42.2 Å². The Kier molecular flexibility index (Phi) is 4.59. The van der Waals surface area contributed by atoms with Gasteiger partial charge in [0.05, 0.1) is 15.6 Å². The fourth-order valence-corrected chi connectivity index (χ4v) is 2.95. The summed E-state index contributed by atoms with van der Waals surface area (Å²) in [5.41, 5.74) is 6.22. The van der Waals surface area contributed by atoms with Gasteiger partial charge in [-0.1, -0.05) is 23.2 Å². The molecule has 0 saturated carbocycles. The number of hydrogen-bond donors (Lipinski definition) is 1. The van der Waals surface area contributed by atoms with Gasteiger partial charge in [-0.25, -0.2) is 4.98 Å². The third kappa shape index (κ3) is 3.29. The van der Waals surface area contributed by atoms with E-state index < -0.39 is 4.92 Å². The highest BCUT2D eigenvalue weighted by molar-refractivity contribution is 6.35. The van der Waals surface area contributed by atoms with E-state index in [1.165, 1.54) is 0 Å². The van der Waals surface area contributed by atoms with Crippen LogP contribution in [0.4, 0.5) is 23.1 Å². The van der Waals surface area contributed by atoms with Crippen LogP contribution in [0, 0.1) is 10.1 Å². The summed E-state index contributed by atoms with van der Waals surface area (Å²) in [6, 6.07) is 5.35. The van der Waals surface area contributed by atoms with Crippen LogP contribution in [-0.4, -0.2) is 41.1 Å². The van der Waals surface area contributed by atoms with Crippen molar-refractivity contribution in [2.75, 3.05) is 41.7 Å². The summed E-state index contributed by atoms with van der Waals surface area (Å²) in [6.07, 6.45) is 1.14. The first-order chi connectivity index (χ1) is 11.5. The van der Waals surface area contributed by atoms with Crippen molar-refractivity contribution in [2.45, 2.75) is 0 Å². The summed E-state index contributed by atoms with van der Waals surface area (Å²) in [5, 5.41) is 12.0. The number of rotatable bonds is 3. The molecule has 0 atom stereocenters. The molecular weight excluding hydrogens is 355 g/mol. The second-order valence-corrected chi connectivity index (χ2v) is 6.11. The third-order valence-corrected chi connectivity index (χ3v) is 4.35. The van der Waals surface area contributed by atoms with E-state index in [2.05, 4.69) is 14.9 Å². The highest BCUT2D eigenvalue weighted by atomic mass is 35.5. The van der Waals surface area contributed by atoms with Gasteiger partial charge in [-0.15, -0.1) is 0 Å². The quantitative estimate of drug-likeness (QED) is 0.655. The fourth-order valence-electron chi connectivity index (χ4n) is 2.55. The van der Waals surface area contributed by atoms with Gasteiger partial charge in [0.15, 0.2) is 0 Å². The first kappa shape index (κ1) is 16.5. The molecule has 126 valence electrons. The minimum Gasteiger partial charge on any atom is -0.378 e. The van der Waals surface area contributed by atoms with Crippen LogP contribution in [0.5, 0.6) is 0 Å². The zero-order chi connectivity index (χ0) is 17.3. The van der Waals surface area contributed by atoms with Crippen molar-refractivity contribution in [1.29, 1.82) is 0 Å². The number of anilines is 3. The van der Waals surface area contributed by atoms with Crippen molar-refractivity contribution in [3.05, 3.63) is 44.6 Å². The number of nitrogens with two attached hydrogens (primary N) is 1. The van der Waals surface area contributed by atoms with E-state index in [4.69, 9.17) is 28.9 Å². The van der Waals surface area contributed by atoms with Gasteiger partial charge in [0.2, 0.25) is 11.8 Å². The first-order valence-corrected chi connectivity index (χ1v) is 7.93. The monoisotopic (exact) mass is 368 g/mol. The molecule has 1 fully saturated rings. The maximum absolute atomic E-state index is 10.8. The van der Waals surface area contributed by atoms with Gasteiger partial charge in [-0.2, -0.15) is 4.98 Å². The smallest absolute Gasteiger partial charge is 0.329 e. The molecule has 2 aromatic rings. The summed E-state index contributed by atoms with van der Waals surface area (Å²) < 4.78 is 0. The van der Waals surface area contributed by atoms with Crippen LogP contribution < -0.4 is 15.5 Å². The molecule has 0 radical (unpaired) electrons. The Bertz CT molecular complexity index is 780. The molecule has 0 spiro atoms. The van der Waals surface area contributed by atoms with Crippen LogP contribution in [0.15, 0.2) is 24.4 Å². The van der Waals surface area contributed by atoms with Crippen molar-refractivity contribution >= 4 is 46.3 Å². The molecule has 1 aliphatic heterocycles. The maximum Gasteiger partial charge on any atom is 0.329 e. The van der Waals surface area contributed by atoms with Crippen LogP contribution in [0.1, 0.15) is 0 Å². The summed E-state index contributed by atoms with van der Waals surface area (Å²) in [6.45, 7) is 2.67. The van der Waals surface area contributed by atoms with Crippen LogP contribution in [0.3, 0.4) is 0 Å². The van der Waals surface area contributed by atoms with Crippen LogP contribution in [-0.2, 0) is 0 Å². The molecule has 0 unspecified atom stereocenters. The van der Waals surface area contributed by atoms with Gasteiger partial charge in [-0.3, -0.25) is 10.1 Å². The molecule has 0 bridgehead atoms. The average molecular weight is 369 g/mol. The predicted octanol–water partition coefficient (Wildman–Crippen LogP) is 2.60. The minimum atomic E-state index is -0.599. The fraction of sp³-hybridized carbons (Fsp3) is 0.286. The number of nitrogen functional groups attached to an aromatic ring is 1. The molecule has 3 rings (SSSR count). The van der Waals surface area contributed by atoms with Crippen molar-refractivity contribution < 1.29 is 4.92 Å². The molecule has 1 aliphatic rings. The van der Waals surface area contributed by atoms with Gasteiger partial charge in [-0.05, 0) is 18.2 Å². The zero-order valence-corrected chi connectivity index (χ0v) is 14.0. The average Bonchev–Trinajstić information content (AvgIpc) is 2.57.